The molecule has 1 heterocycles. The van der Waals surface area contributed by atoms with Crippen LogP contribution >= 0.6 is 0 Å². The number of nitrogens with two attached hydrogens (primary N) is 1. The molecule has 0 aliphatic heterocycles. The van der Waals surface area contributed by atoms with Crippen LogP contribution in [0.2, 0.25) is 0 Å². The third-order valence-electron chi connectivity index (χ3n) is 3.26. The molecule has 0 aromatic carbocycles. The van der Waals surface area contributed by atoms with Gasteiger partial charge >= 0.3 is 0 Å². The molecular weight excluding hydrogens is 214 g/mol. The fourth-order valence-electron chi connectivity index (χ4n) is 2.23. The van der Waals surface area contributed by atoms with E-state index in [1.165, 1.54) is 18.4 Å². The van der Waals surface area contributed by atoms with Gasteiger partial charge in [0.05, 0.1) is 6.61 Å². The summed E-state index contributed by atoms with van der Waals surface area (Å²) in [5.74, 6) is 0. The number of methoxy groups -OCH3 is 1. The van der Waals surface area contributed by atoms with Crippen LogP contribution < -0.4 is 5.73 Å². The van der Waals surface area contributed by atoms with Crippen molar-refractivity contribution in [1.29, 1.82) is 0 Å². The lowest BCUT2D eigenvalue weighted by molar-refractivity contribution is 0.115. The predicted molar refractivity (Wildman–Crippen MR) is 67.6 cm³/mol. The lowest BCUT2D eigenvalue weighted by Gasteiger charge is -2.30. The first-order valence-corrected chi connectivity index (χ1v) is 6.21. The topological polar surface area (TPSA) is 51.4 Å². The SMILES string of the molecule is COCCN(C1CC1)C(CN)c1cccnc1. The summed E-state index contributed by atoms with van der Waals surface area (Å²) in [4.78, 5) is 6.64. The minimum Gasteiger partial charge on any atom is -0.383 e. The molecule has 4 nitrogen and oxygen atoms in total. The number of nitrogens with zero attached hydrogens (tertiary/aromatic N) is 2. The van der Waals surface area contributed by atoms with Crippen LogP contribution in [0.5, 0.6) is 0 Å². The second-order valence-electron chi connectivity index (χ2n) is 4.50. The number of pyridine rings is 1. The van der Waals surface area contributed by atoms with E-state index in [9.17, 15) is 0 Å². The van der Waals surface area contributed by atoms with Crippen molar-refractivity contribution >= 4 is 0 Å². The van der Waals surface area contributed by atoms with E-state index in [-0.39, 0.29) is 6.04 Å². The third kappa shape index (κ3) is 3.25. The van der Waals surface area contributed by atoms with Crippen molar-refractivity contribution in [2.75, 3.05) is 26.8 Å². The molecule has 0 radical (unpaired) electrons. The fourth-order valence-corrected chi connectivity index (χ4v) is 2.23. The molecule has 0 saturated heterocycles. The van der Waals surface area contributed by atoms with Gasteiger partial charge in [-0.1, -0.05) is 6.07 Å². The van der Waals surface area contributed by atoms with Crippen LogP contribution in [-0.2, 0) is 4.74 Å². The van der Waals surface area contributed by atoms with Crippen molar-refractivity contribution < 1.29 is 4.74 Å². The van der Waals surface area contributed by atoms with Gasteiger partial charge in [-0.15, -0.1) is 0 Å². The second kappa shape index (κ2) is 6.10. The molecule has 94 valence electrons. The minimum absolute atomic E-state index is 0.270. The van der Waals surface area contributed by atoms with E-state index in [1.54, 1.807) is 13.3 Å². The number of hydrogen-bond acceptors (Lipinski definition) is 4. The Morgan fingerprint density at radius 2 is 2.41 bits per heavy atom. The largest absolute Gasteiger partial charge is 0.383 e. The van der Waals surface area contributed by atoms with Gasteiger partial charge in [0.15, 0.2) is 0 Å². The first-order valence-electron chi connectivity index (χ1n) is 6.21. The van der Waals surface area contributed by atoms with Gasteiger partial charge in [-0.25, -0.2) is 0 Å². The molecule has 17 heavy (non-hydrogen) atoms. The lowest BCUT2D eigenvalue weighted by atomic mass is 10.1. The molecule has 1 unspecified atom stereocenters. The van der Waals surface area contributed by atoms with E-state index in [4.69, 9.17) is 10.5 Å². The number of hydrogen-bond donors (Lipinski definition) is 1. The first kappa shape index (κ1) is 12.5. The summed E-state index contributed by atoms with van der Waals surface area (Å²) in [7, 11) is 1.74. The molecule has 1 atom stereocenters. The van der Waals surface area contributed by atoms with Gasteiger partial charge in [0.1, 0.15) is 0 Å². The van der Waals surface area contributed by atoms with Crippen molar-refractivity contribution in [2.24, 2.45) is 5.73 Å². The maximum absolute atomic E-state index is 5.93. The molecule has 0 bridgehead atoms. The van der Waals surface area contributed by atoms with Gasteiger partial charge in [0, 0.05) is 44.7 Å². The van der Waals surface area contributed by atoms with E-state index in [2.05, 4.69) is 16.0 Å². The minimum atomic E-state index is 0.270. The normalized spacial score (nSPS) is 17.4. The molecule has 2 N–H and O–H groups in total. The molecule has 4 heteroatoms. The van der Waals surface area contributed by atoms with E-state index in [1.807, 2.05) is 12.3 Å². The molecule has 0 amide bonds. The van der Waals surface area contributed by atoms with Crippen molar-refractivity contribution in [2.45, 2.75) is 24.9 Å². The highest BCUT2D eigenvalue weighted by Gasteiger charge is 2.33. The zero-order valence-electron chi connectivity index (χ0n) is 10.4. The molecular formula is C13H21N3O. The van der Waals surface area contributed by atoms with Crippen molar-refractivity contribution in [3.63, 3.8) is 0 Å². The highest BCUT2D eigenvalue weighted by atomic mass is 16.5. The molecule has 1 aromatic rings. The first-order chi connectivity index (χ1) is 8.36. The quantitative estimate of drug-likeness (QED) is 0.771. The van der Waals surface area contributed by atoms with Gasteiger partial charge in [-0.3, -0.25) is 9.88 Å². The number of aromatic nitrogens is 1. The van der Waals surface area contributed by atoms with Gasteiger partial charge in [0.25, 0.3) is 0 Å². The van der Waals surface area contributed by atoms with Gasteiger partial charge in [0.2, 0.25) is 0 Å². The van der Waals surface area contributed by atoms with Crippen LogP contribution in [0.15, 0.2) is 24.5 Å². The van der Waals surface area contributed by atoms with Gasteiger partial charge in [-0.05, 0) is 24.5 Å². The maximum atomic E-state index is 5.93. The Morgan fingerprint density at radius 3 is 2.94 bits per heavy atom. The monoisotopic (exact) mass is 235 g/mol. The molecule has 1 fully saturated rings. The fraction of sp³-hybridized carbons (Fsp3) is 0.615. The molecule has 2 rings (SSSR count). The van der Waals surface area contributed by atoms with Crippen LogP contribution in [0.4, 0.5) is 0 Å². The van der Waals surface area contributed by atoms with Crippen LogP contribution in [0.3, 0.4) is 0 Å². The van der Waals surface area contributed by atoms with E-state index in [0.29, 0.717) is 12.6 Å². The Kier molecular flexibility index (Phi) is 4.48. The van der Waals surface area contributed by atoms with E-state index in [0.717, 1.165) is 13.2 Å². The summed E-state index contributed by atoms with van der Waals surface area (Å²) in [5, 5.41) is 0. The Labute approximate surface area is 103 Å². The number of ether oxygens (including phenoxy) is 1. The second-order valence-corrected chi connectivity index (χ2v) is 4.50. The lowest BCUT2D eigenvalue weighted by Crippen LogP contribution is -2.37. The third-order valence-corrected chi connectivity index (χ3v) is 3.26. The summed E-state index contributed by atoms with van der Waals surface area (Å²) in [5.41, 5.74) is 7.14. The average Bonchev–Trinajstić information content (AvgIpc) is 3.20. The average molecular weight is 235 g/mol. The zero-order valence-corrected chi connectivity index (χ0v) is 10.4. The summed E-state index contributed by atoms with van der Waals surface area (Å²) in [6.07, 6.45) is 6.27. The van der Waals surface area contributed by atoms with Crippen molar-refractivity contribution in [3.8, 4) is 0 Å². The highest BCUT2D eigenvalue weighted by Crippen LogP contribution is 2.33. The van der Waals surface area contributed by atoms with Crippen molar-refractivity contribution in [3.05, 3.63) is 30.1 Å². The molecule has 0 spiro atoms. The smallest absolute Gasteiger partial charge is 0.0590 e. The molecule has 1 saturated carbocycles. The van der Waals surface area contributed by atoms with E-state index < -0.39 is 0 Å². The Morgan fingerprint density at radius 1 is 1.59 bits per heavy atom. The van der Waals surface area contributed by atoms with Crippen LogP contribution in [0, 0.1) is 0 Å². The summed E-state index contributed by atoms with van der Waals surface area (Å²) in [6, 6.07) is 5.02. The summed E-state index contributed by atoms with van der Waals surface area (Å²) in [6.45, 7) is 2.33. The summed E-state index contributed by atoms with van der Waals surface area (Å²) < 4.78 is 5.18. The highest BCUT2D eigenvalue weighted by molar-refractivity contribution is 5.15. The van der Waals surface area contributed by atoms with E-state index >= 15 is 0 Å². The zero-order chi connectivity index (χ0) is 12.1. The summed E-state index contributed by atoms with van der Waals surface area (Å²) >= 11 is 0. The molecule has 1 aromatic heterocycles. The standard InChI is InChI=1S/C13H21N3O/c1-17-8-7-16(12-4-5-12)13(9-14)11-3-2-6-15-10-11/h2-3,6,10,12-13H,4-5,7-9,14H2,1H3. The Bertz CT molecular complexity index is 327. The van der Waals surface area contributed by atoms with Crippen LogP contribution in [0.25, 0.3) is 0 Å². The Hall–Kier alpha value is -0.970. The van der Waals surface area contributed by atoms with Gasteiger partial charge in [-0.2, -0.15) is 0 Å². The van der Waals surface area contributed by atoms with Crippen LogP contribution in [0.1, 0.15) is 24.4 Å². The van der Waals surface area contributed by atoms with Crippen LogP contribution in [-0.4, -0.2) is 42.7 Å². The predicted octanol–water partition coefficient (Wildman–Crippen LogP) is 1.19. The maximum Gasteiger partial charge on any atom is 0.0590 e. The van der Waals surface area contributed by atoms with Crippen molar-refractivity contribution in [1.82, 2.24) is 9.88 Å². The molecule has 1 aliphatic rings. The van der Waals surface area contributed by atoms with Gasteiger partial charge < -0.3 is 10.5 Å². The Balaban J connectivity index is 2.08. The number of rotatable bonds is 7. The molecule has 1 aliphatic carbocycles.